The number of hydrogen-bond acceptors (Lipinski definition) is 4. The number of anilines is 1. The van der Waals surface area contributed by atoms with Crippen LogP contribution in [0.25, 0.3) is 0 Å². The Balaban J connectivity index is 2.24. The Morgan fingerprint density at radius 2 is 1.84 bits per heavy atom. The summed E-state index contributed by atoms with van der Waals surface area (Å²) >= 11 is 6.10. The van der Waals surface area contributed by atoms with E-state index < -0.39 is 5.60 Å². The van der Waals surface area contributed by atoms with Crippen molar-refractivity contribution in [3.05, 3.63) is 17.0 Å². The number of aliphatic hydroxyl groups is 1. The summed E-state index contributed by atoms with van der Waals surface area (Å²) in [6.07, 6.45) is 1.50. The fraction of sp³-hybridized carbons (Fsp3) is 0.714. The minimum Gasteiger partial charge on any atom is -0.390 e. The van der Waals surface area contributed by atoms with Crippen molar-refractivity contribution in [3.8, 4) is 0 Å². The van der Waals surface area contributed by atoms with Gasteiger partial charge in [0.15, 0.2) is 0 Å². The van der Waals surface area contributed by atoms with Crippen LogP contribution in [0.1, 0.15) is 46.4 Å². The fourth-order valence-electron chi connectivity index (χ4n) is 2.12. The normalized spacial score (nSPS) is 19.6. The molecule has 1 aromatic rings. The number of piperidine rings is 1. The Bertz CT molecular complexity index is 458. The Morgan fingerprint density at radius 3 is 2.37 bits per heavy atom. The number of aromatic nitrogens is 2. The largest absolute Gasteiger partial charge is 0.390 e. The molecule has 0 unspecified atom stereocenters. The lowest BCUT2D eigenvalue weighted by Gasteiger charge is -2.36. The van der Waals surface area contributed by atoms with Crippen molar-refractivity contribution in [2.24, 2.45) is 0 Å². The summed E-state index contributed by atoms with van der Waals surface area (Å²) in [6.45, 7) is 9.70. The highest BCUT2D eigenvalue weighted by atomic mass is 35.5. The Morgan fingerprint density at radius 1 is 1.26 bits per heavy atom. The van der Waals surface area contributed by atoms with Gasteiger partial charge in [-0.25, -0.2) is 9.97 Å². The second-order valence-electron chi connectivity index (χ2n) is 6.61. The third-order valence-electron chi connectivity index (χ3n) is 3.52. The van der Waals surface area contributed by atoms with Gasteiger partial charge in [-0.2, -0.15) is 0 Å². The van der Waals surface area contributed by atoms with E-state index in [1.54, 1.807) is 6.07 Å². The molecule has 0 bridgehead atoms. The number of hydrogen-bond donors (Lipinski definition) is 1. The number of halogens is 1. The Labute approximate surface area is 119 Å². The van der Waals surface area contributed by atoms with E-state index in [2.05, 4.69) is 35.6 Å². The summed E-state index contributed by atoms with van der Waals surface area (Å²) < 4.78 is 0. The van der Waals surface area contributed by atoms with Gasteiger partial charge in [0.1, 0.15) is 16.8 Å². The van der Waals surface area contributed by atoms with Gasteiger partial charge in [0.2, 0.25) is 0 Å². The summed E-state index contributed by atoms with van der Waals surface area (Å²) in [6, 6.07) is 1.80. The second-order valence-corrected chi connectivity index (χ2v) is 6.99. The first-order chi connectivity index (χ1) is 8.67. The molecular weight excluding hydrogens is 262 g/mol. The minimum absolute atomic E-state index is 0.124. The van der Waals surface area contributed by atoms with Gasteiger partial charge in [0.25, 0.3) is 0 Å². The third kappa shape index (κ3) is 3.57. The van der Waals surface area contributed by atoms with Crippen LogP contribution in [0, 0.1) is 0 Å². The highest BCUT2D eigenvalue weighted by Crippen LogP contribution is 2.28. The zero-order chi connectivity index (χ0) is 14.3. The quantitative estimate of drug-likeness (QED) is 0.805. The molecule has 1 aromatic heterocycles. The van der Waals surface area contributed by atoms with Crippen molar-refractivity contribution in [3.63, 3.8) is 0 Å². The molecule has 2 rings (SSSR count). The van der Waals surface area contributed by atoms with Gasteiger partial charge in [-0.15, -0.1) is 0 Å². The van der Waals surface area contributed by atoms with Crippen LogP contribution >= 0.6 is 11.6 Å². The van der Waals surface area contributed by atoms with E-state index in [4.69, 9.17) is 11.6 Å². The fourth-order valence-corrected chi connectivity index (χ4v) is 2.30. The van der Waals surface area contributed by atoms with Gasteiger partial charge in [-0.3, -0.25) is 0 Å². The van der Waals surface area contributed by atoms with Crippen LogP contribution in [-0.4, -0.2) is 33.8 Å². The predicted molar refractivity (Wildman–Crippen MR) is 77.8 cm³/mol. The lowest BCUT2D eigenvalue weighted by Crippen LogP contribution is -2.43. The average molecular weight is 284 g/mol. The van der Waals surface area contributed by atoms with E-state index in [-0.39, 0.29) is 5.41 Å². The van der Waals surface area contributed by atoms with Crippen LogP contribution in [0.3, 0.4) is 0 Å². The number of nitrogens with zero attached hydrogens (tertiary/aromatic N) is 3. The molecule has 2 heterocycles. The minimum atomic E-state index is -0.555. The first-order valence-corrected chi connectivity index (χ1v) is 7.08. The van der Waals surface area contributed by atoms with E-state index in [0.717, 1.165) is 37.6 Å². The summed E-state index contributed by atoms with van der Waals surface area (Å²) in [4.78, 5) is 11.1. The molecule has 0 radical (unpaired) electrons. The molecule has 0 amide bonds. The van der Waals surface area contributed by atoms with Crippen molar-refractivity contribution in [2.75, 3.05) is 18.0 Å². The lowest BCUT2D eigenvalue weighted by atomic mass is 9.93. The third-order valence-corrected chi connectivity index (χ3v) is 3.71. The molecule has 0 aliphatic carbocycles. The highest BCUT2D eigenvalue weighted by Gasteiger charge is 2.29. The van der Waals surface area contributed by atoms with Crippen LogP contribution < -0.4 is 4.90 Å². The molecule has 1 N–H and O–H groups in total. The molecule has 106 valence electrons. The molecular formula is C14H22ClN3O. The lowest BCUT2D eigenvalue weighted by molar-refractivity contribution is 0.0350. The zero-order valence-corrected chi connectivity index (χ0v) is 12.8. The molecule has 1 aliphatic heterocycles. The second kappa shape index (κ2) is 4.91. The van der Waals surface area contributed by atoms with E-state index in [9.17, 15) is 5.11 Å². The summed E-state index contributed by atoms with van der Waals surface area (Å²) in [5, 5.41) is 10.5. The van der Waals surface area contributed by atoms with Crippen molar-refractivity contribution in [2.45, 2.75) is 51.6 Å². The predicted octanol–water partition coefficient (Wildman–Crippen LogP) is 2.78. The van der Waals surface area contributed by atoms with Crippen molar-refractivity contribution >= 4 is 17.4 Å². The van der Waals surface area contributed by atoms with Crippen LogP contribution in [-0.2, 0) is 5.41 Å². The molecule has 0 aromatic carbocycles. The molecule has 1 saturated heterocycles. The first-order valence-electron chi connectivity index (χ1n) is 6.70. The molecule has 19 heavy (non-hydrogen) atoms. The molecule has 1 fully saturated rings. The molecule has 0 atom stereocenters. The topological polar surface area (TPSA) is 49.2 Å². The van der Waals surface area contributed by atoms with Gasteiger partial charge in [0.05, 0.1) is 5.60 Å². The first kappa shape index (κ1) is 14.5. The van der Waals surface area contributed by atoms with E-state index in [1.165, 1.54) is 0 Å². The SMILES string of the molecule is CC1(O)CCN(c2cc(Cl)nc(C(C)(C)C)n2)CC1. The van der Waals surface area contributed by atoms with Crippen LogP contribution in [0.2, 0.25) is 5.15 Å². The standard InChI is InChI=1S/C14H22ClN3O/c1-13(2,3)12-16-10(15)9-11(17-12)18-7-5-14(4,19)6-8-18/h9,19H,5-8H2,1-4H3. The Hall–Kier alpha value is -0.870. The van der Waals surface area contributed by atoms with Gasteiger partial charge >= 0.3 is 0 Å². The summed E-state index contributed by atoms with van der Waals surface area (Å²) in [5.41, 5.74) is -0.679. The average Bonchev–Trinajstić information content (AvgIpc) is 2.26. The van der Waals surface area contributed by atoms with Crippen LogP contribution in [0.15, 0.2) is 6.07 Å². The number of rotatable bonds is 1. The van der Waals surface area contributed by atoms with Gasteiger partial charge < -0.3 is 10.0 Å². The van der Waals surface area contributed by atoms with Crippen molar-refractivity contribution in [1.29, 1.82) is 0 Å². The summed E-state index contributed by atoms with van der Waals surface area (Å²) in [7, 11) is 0. The van der Waals surface area contributed by atoms with E-state index in [1.807, 2.05) is 6.92 Å². The maximum atomic E-state index is 9.99. The van der Waals surface area contributed by atoms with Gasteiger partial charge in [-0.1, -0.05) is 32.4 Å². The van der Waals surface area contributed by atoms with Gasteiger partial charge in [-0.05, 0) is 19.8 Å². The monoisotopic (exact) mass is 283 g/mol. The molecule has 4 nitrogen and oxygen atoms in total. The van der Waals surface area contributed by atoms with Crippen LogP contribution in [0.4, 0.5) is 5.82 Å². The molecule has 0 saturated carbocycles. The Kier molecular flexibility index (Phi) is 3.76. The maximum absolute atomic E-state index is 9.99. The van der Waals surface area contributed by atoms with Crippen molar-refractivity contribution in [1.82, 2.24) is 9.97 Å². The molecule has 1 aliphatic rings. The van der Waals surface area contributed by atoms with Gasteiger partial charge in [0, 0.05) is 24.6 Å². The highest BCUT2D eigenvalue weighted by molar-refractivity contribution is 6.29. The molecule has 5 heteroatoms. The van der Waals surface area contributed by atoms with Crippen molar-refractivity contribution < 1.29 is 5.11 Å². The molecule has 0 spiro atoms. The maximum Gasteiger partial charge on any atom is 0.137 e. The van der Waals surface area contributed by atoms with Crippen LogP contribution in [0.5, 0.6) is 0 Å². The van der Waals surface area contributed by atoms with E-state index >= 15 is 0 Å². The summed E-state index contributed by atoms with van der Waals surface area (Å²) in [5.74, 6) is 1.62. The zero-order valence-electron chi connectivity index (χ0n) is 12.1. The smallest absolute Gasteiger partial charge is 0.137 e. The van der Waals surface area contributed by atoms with E-state index in [0.29, 0.717) is 5.15 Å².